The van der Waals surface area contributed by atoms with Crippen LogP contribution in [0.1, 0.15) is 19.4 Å². The Labute approximate surface area is 139 Å². The summed E-state index contributed by atoms with van der Waals surface area (Å²) in [7, 11) is 0. The van der Waals surface area contributed by atoms with Crippen molar-refractivity contribution in [3.63, 3.8) is 0 Å². The number of aromatic nitrogens is 2. The Morgan fingerprint density at radius 2 is 2.12 bits per heavy atom. The maximum absolute atomic E-state index is 10.5. The van der Waals surface area contributed by atoms with Crippen LogP contribution in [0.4, 0.5) is 0 Å². The summed E-state index contributed by atoms with van der Waals surface area (Å²) in [5, 5.41) is 16.1. The van der Waals surface area contributed by atoms with Gasteiger partial charge in [0, 0.05) is 0 Å². The van der Waals surface area contributed by atoms with Gasteiger partial charge < -0.3 is 14.8 Å². The molecule has 6 nitrogen and oxygen atoms in total. The summed E-state index contributed by atoms with van der Waals surface area (Å²) in [6.45, 7) is 4.64. The van der Waals surface area contributed by atoms with Crippen LogP contribution in [0.3, 0.4) is 0 Å². The van der Waals surface area contributed by atoms with E-state index in [1.165, 1.54) is 0 Å². The van der Waals surface area contributed by atoms with Crippen molar-refractivity contribution in [2.75, 3.05) is 6.61 Å². The summed E-state index contributed by atoms with van der Waals surface area (Å²) < 4.78 is 5.66. The molecule has 6 N–H and O–H groups in total. The lowest BCUT2D eigenvalue weighted by molar-refractivity contribution is -0.114. The van der Waals surface area contributed by atoms with Gasteiger partial charge >= 0.3 is 0 Å². The van der Waals surface area contributed by atoms with Crippen molar-refractivity contribution in [2.24, 2.45) is 11.7 Å². The maximum atomic E-state index is 10.5. The largest absolute Gasteiger partial charge is 0.504 e. The summed E-state index contributed by atoms with van der Waals surface area (Å²) in [5.74, 6) is 1.70. The van der Waals surface area contributed by atoms with E-state index in [1.54, 1.807) is 12.1 Å². The van der Waals surface area contributed by atoms with E-state index in [9.17, 15) is 5.11 Å². The number of rotatable bonds is 5. The van der Waals surface area contributed by atoms with Crippen LogP contribution in [0.5, 0.6) is 11.5 Å². The lowest BCUT2D eigenvalue weighted by Crippen LogP contribution is -2.46. The predicted molar refractivity (Wildman–Crippen MR) is 93.7 cm³/mol. The zero-order chi connectivity index (χ0) is 17.3. The molecule has 24 heavy (non-hydrogen) atoms. The van der Waals surface area contributed by atoms with Gasteiger partial charge in [-0.15, -0.1) is 0 Å². The molecule has 0 saturated heterocycles. The Hall–Kier alpha value is -3.02. The topological polar surface area (TPSA) is 110 Å². The average Bonchev–Trinajstić information content (AvgIpc) is 2.96. The standard InChI is InChI=1S/C18H20N4O2/c1-10(2)9-24-15-5-3-4-12(16(15)23)18-21-13-7-6-11(17(19)20)8-14(13)22-18/h3-8,10,23H,9H2,1-2H3,(H3,19,20)(H,21,22)/p+1. The van der Waals surface area contributed by atoms with Crippen LogP contribution in [-0.4, -0.2) is 27.5 Å². The summed E-state index contributed by atoms with van der Waals surface area (Å²) in [6.07, 6.45) is 0. The van der Waals surface area contributed by atoms with E-state index in [1.807, 2.05) is 24.3 Å². The first-order valence-corrected chi connectivity index (χ1v) is 7.79. The minimum atomic E-state index is 0.0716. The van der Waals surface area contributed by atoms with Gasteiger partial charge in [-0.3, -0.25) is 11.1 Å². The molecule has 0 unspecified atom stereocenters. The summed E-state index contributed by atoms with van der Waals surface area (Å²) in [5.41, 5.74) is 8.50. The number of aromatic hydroxyl groups is 1. The number of hydrogen-bond acceptors (Lipinski definition) is 3. The molecule has 0 fully saturated rings. The normalized spacial score (nSPS) is 11.1. The first-order chi connectivity index (χ1) is 11.5. The lowest BCUT2D eigenvalue weighted by Gasteiger charge is -2.11. The fourth-order valence-corrected chi connectivity index (χ4v) is 2.40. The van der Waals surface area contributed by atoms with Gasteiger partial charge in [0.05, 0.1) is 28.8 Å². The second kappa shape index (κ2) is 6.23. The smallest absolute Gasteiger partial charge is 0.270 e. The molecule has 0 aliphatic rings. The molecule has 1 heterocycles. The van der Waals surface area contributed by atoms with Crippen molar-refractivity contribution in [1.82, 2.24) is 9.97 Å². The fourth-order valence-electron chi connectivity index (χ4n) is 2.40. The first kappa shape index (κ1) is 15.9. The molecule has 6 heteroatoms. The monoisotopic (exact) mass is 325 g/mol. The molecule has 0 saturated carbocycles. The maximum Gasteiger partial charge on any atom is 0.270 e. The van der Waals surface area contributed by atoms with Gasteiger partial charge in [0.1, 0.15) is 5.82 Å². The molecule has 0 spiro atoms. The predicted octanol–water partition coefficient (Wildman–Crippen LogP) is 1.43. The Morgan fingerprint density at radius 3 is 2.83 bits per heavy atom. The van der Waals surface area contributed by atoms with E-state index in [4.69, 9.17) is 15.9 Å². The Morgan fingerprint density at radius 1 is 1.33 bits per heavy atom. The number of H-pyrrole nitrogens is 1. The number of phenols is 1. The first-order valence-electron chi connectivity index (χ1n) is 7.79. The highest BCUT2D eigenvalue weighted by Crippen LogP contribution is 2.36. The number of phenolic OH excluding ortho intramolecular Hbond substituents is 1. The SMILES string of the molecule is CC(C)COc1cccc(-c2nc3ccc(C(N)=[NH2+])cc3[nH]2)c1O. The minimum absolute atomic E-state index is 0.0716. The van der Waals surface area contributed by atoms with Gasteiger partial charge in [0.2, 0.25) is 0 Å². The second-order valence-electron chi connectivity index (χ2n) is 6.13. The number of nitrogens with one attached hydrogen (secondary N) is 1. The average molecular weight is 325 g/mol. The van der Waals surface area contributed by atoms with E-state index in [0.29, 0.717) is 29.7 Å². The Balaban J connectivity index is 2.01. The van der Waals surface area contributed by atoms with Gasteiger partial charge in [-0.05, 0) is 36.2 Å². The minimum Gasteiger partial charge on any atom is -0.504 e. The molecule has 1 aromatic heterocycles. The number of aromatic amines is 1. The fraction of sp³-hybridized carbons (Fsp3) is 0.222. The summed E-state index contributed by atoms with van der Waals surface area (Å²) in [6, 6.07) is 10.8. The molecule has 0 atom stereocenters. The molecule has 0 aliphatic heterocycles. The van der Waals surface area contributed by atoms with E-state index in [2.05, 4.69) is 23.8 Å². The van der Waals surface area contributed by atoms with E-state index >= 15 is 0 Å². The zero-order valence-corrected chi connectivity index (χ0v) is 13.7. The molecule has 0 bridgehead atoms. The number of nitrogens with two attached hydrogens (primary N) is 2. The summed E-state index contributed by atoms with van der Waals surface area (Å²) in [4.78, 5) is 7.71. The van der Waals surface area contributed by atoms with Crippen molar-refractivity contribution >= 4 is 16.9 Å². The van der Waals surface area contributed by atoms with E-state index < -0.39 is 0 Å². The number of hydrogen-bond donors (Lipinski definition) is 4. The van der Waals surface area contributed by atoms with Gasteiger partial charge in [-0.2, -0.15) is 0 Å². The molecule has 0 amide bonds. The molecule has 3 aromatic rings. The van der Waals surface area contributed by atoms with Crippen LogP contribution in [0.25, 0.3) is 22.4 Å². The molecule has 0 radical (unpaired) electrons. The highest BCUT2D eigenvalue weighted by atomic mass is 16.5. The number of fused-ring (bicyclic) bond motifs is 1. The van der Waals surface area contributed by atoms with Crippen molar-refractivity contribution < 1.29 is 15.3 Å². The van der Waals surface area contributed by atoms with Gasteiger partial charge in [0.15, 0.2) is 11.5 Å². The Bertz CT molecular complexity index is 899. The quantitative estimate of drug-likeness (QED) is 0.420. The zero-order valence-electron chi connectivity index (χ0n) is 13.7. The molecule has 0 aliphatic carbocycles. The van der Waals surface area contributed by atoms with Crippen LogP contribution >= 0.6 is 0 Å². The molecule has 124 valence electrons. The third-order valence-corrected chi connectivity index (χ3v) is 3.64. The number of para-hydroxylation sites is 1. The molecular weight excluding hydrogens is 304 g/mol. The van der Waals surface area contributed by atoms with Crippen molar-refractivity contribution in [2.45, 2.75) is 13.8 Å². The van der Waals surface area contributed by atoms with Crippen molar-refractivity contribution in [1.29, 1.82) is 0 Å². The summed E-state index contributed by atoms with van der Waals surface area (Å²) >= 11 is 0. The third-order valence-electron chi connectivity index (χ3n) is 3.64. The number of ether oxygens (including phenoxy) is 1. The van der Waals surface area contributed by atoms with Crippen molar-refractivity contribution in [3.05, 3.63) is 42.0 Å². The van der Waals surface area contributed by atoms with Gasteiger partial charge in [-0.1, -0.05) is 19.9 Å². The lowest BCUT2D eigenvalue weighted by atomic mass is 10.1. The second-order valence-corrected chi connectivity index (χ2v) is 6.13. The number of benzene rings is 2. The molecular formula is C18H21N4O2+. The number of imidazole rings is 1. The van der Waals surface area contributed by atoms with E-state index in [-0.39, 0.29) is 11.6 Å². The number of nitrogens with zero attached hydrogens (tertiary/aromatic N) is 1. The van der Waals surface area contributed by atoms with Gasteiger partial charge in [-0.25, -0.2) is 4.98 Å². The van der Waals surface area contributed by atoms with Crippen LogP contribution < -0.4 is 15.9 Å². The molecule has 3 rings (SSSR count). The van der Waals surface area contributed by atoms with Crippen LogP contribution in [0, 0.1) is 5.92 Å². The van der Waals surface area contributed by atoms with Crippen molar-refractivity contribution in [3.8, 4) is 22.9 Å². The number of amidine groups is 1. The third kappa shape index (κ3) is 3.03. The van der Waals surface area contributed by atoms with E-state index in [0.717, 1.165) is 16.6 Å². The highest BCUT2D eigenvalue weighted by molar-refractivity contribution is 5.96. The van der Waals surface area contributed by atoms with Crippen LogP contribution in [0.2, 0.25) is 0 Å². The van der Waals surface area contributed by atoms with Gasteiger partial charge in [0.25, 0.3) is 5.84 Å². The molecule has 2 aromatic carbocycles. The Kier molecular flexibility index (Phi) is 4.12. The van der Waals surface area contributed by atoms with Crippen LogP contribution in [0.15, 0.2) is 36.4 Å². The van der Waals surface area contributed by atoms with Crippen LogP contribution in [-0.2, 0) is 0 Å². The highest BCUT2D eigenvalue weighted by Gasteiger charge is 2.15.